The van der Waals surface area contributed by atoms with Crippen molar-refractivity contribution in [3.8, 4) is 0 Å². The van der Waals surface area contributed by atoms with E-state index in [2.05, 4.69) is 19.2 Å². The van der Waals surface area contributed by atoms with Crippen molar-refractivity contribution in [2.45, 2.75) is 283 Å². The molecule has 51 heavy (non-hydrogen) atoms. The normalized spacial score (nSPS) is 13.4. The number of nitrogens with one attached hydrogen (secondary N) is 1. The quantitative estimate of drug-likeness (QED) is 0.0472. The van der Waals surface area contributed by atoms with Crippen molar-refractivity contribution in [3.63, 3.8) is 0 Å². The molecule has 0 spiro atoms. The van der Waals surface area contributed by atoms with Crippen LogP contribution in [0.4, 0.5) is 0 Å². The summed E-state index contributed by atoms with van der Waals surface area (Å²) in [5.74, 6) is -0.280. The molecule has 5 heteroatoms. The van der Waals surface area contributed by atoms with Gasteiger partial charge in [0.05, 0.1) is 31.3 Å². The first kappa shape index (κ1) is 50.4. The third kappa shape index (κ3) is 38.9. The molecule has 0 aromatic rings. The summed E-state index contributed by atoms with van der Waals surface area (Å²) in [4.78, 5) is 12.4. The van der Waals surface area contributed by atoms with Gasteiger partial charge in [-0.3, -0.25) is 4.79 Å². The number of carbonyl (C=O) groups is 1. The average molecular weight is 724 g/mol. The van der Waals surface area contributed by atoms with Crippen LogP contribution in [0.15, 0.2) is 0 Å². The largest absolute Gasteiger partial charge is 0.394 e. The van der Waals surface area contributed by atoms with E-state index in [1.165, 1.54) is 205 Å². The minimum Gasteiger partial charge on any atom is -0.394 e. The lowest BCUT2D eigenvalue weighted by atomic mass is 10.0. The molecule has 4 N–H and O–H groups in total. The summed E-state index contributed by atoms with van der Waals surface area (Å²) in [5.41, 5.74) is 0. The maximum absolute atomic E-state index is 12.4. The number of amides is 1. The summed E-state index contributed by atoms with van der Waals surface area (Å²) >= 11 is 0. The Kier molecular flexibility index (Phi) is 41.6. The number of rotatable bonds is 43. The van der Waals surface area contributed by atoms with Gasteiger partial charge in [-0.05, 0) is 12.8 Å². The van der Waals surface area contributed by atoms with Gasteiger partial charge >= 0.3 is 0 Å². The lowest BCUT2D eigenvalue weighted by Gasteiger charge is -2.23. The van der Waals surface area contributed by atoms with E-state index in [4.69, 9.17) is 0 Å². The van der Waals surface area contributed by atoms with Gasteiger partial charge in [0, 0.05) is 0 Å². The Morgan fingerprint density at radius 1 is 0.412 bits per heavy atom. The van der Waals surface area contributed by atoms with Crippen molar-refractivity contribution in [2.75, 3.05) is 6.61 Å². The minimum absolute atomic E-state index is 0.0424. The number of hydrogen-bond acceptors (Lipinski definition) is 4. The Labute approximate surface area is 319 Å². The van der Waals surface area contributed by atoms with Crippen molar-refractivity contribution >= 4 is 5.91 Å². The zero-order chi connectivity index (χ0) is 37.3. The molecule has 0 aliphatic rings. The zero-order valence-corrected chi connectivity index (χ0v) is 34.8. The van der Waals surface area contributed by atoms with E-state index in [1.807, 2.05) is 0 Å². The topological polar surface area (TPSA) is 89.8 Å². The third-order valence-corrected chi connectivity index (χ3v) is 11.2. The molecule has 0 aromatic heterocycles. The van der Waals surface area contributed by atoms with Crippen molar-refractivity contribution in [1.82, 2.24) is 5.32 Å². The number of aliphatic hydroxyl groups excluding tert-OH is 3. The molecule has 0 radical (unpaired) electrons. The van der Waals surface area contributed by atoms with E-state index < -0.39 is 18.2 Å². The van der Waals surface area contributed by atoms with Crippen LogP contribution in [0.25, 0.3) is 0 Å². The molecule has 0 fully saturated rings. The Morgan fingerprint density at radius 3 is 0.941 bits per heavy atom. The van der Waals surface area contributed by atoms with Crippen LogP contribution >= 0.6 is 0 Å². The third-order valence-electron chi connectivity index (χ3n) is 11.2. The maximum Gasteiger partial charge on any atom is 0.222 e. The van der Waals surface area contributed by atoms with Crippen LogP contribution in [0.1, 0.15) is 264 Å². The van der Waals surface area contributed by atoms with Gasteiger partial charge in [-0.2, -0.15) is 0 Å². The van der Waals surface area contributed by atoms with Crippen LogP contribution in [0, 0.1) is 0 Å². The van der Waals surface area contributed by atoms with Gasteiger partial charge in [0.1, 0.15) is 0 Å². The molecule has 0 bridgehead atoms. The lowest BCUT2D eigenvalue weighted by molar-refractivity contribution is -0.125. The Balaban J connectivity index is 3.44. The molecule has 5 nitrogen and oxygen atoms in total. The second-order valence-corrected chi connectivity index (χ2v) is 16.4. The van der Waals surface area contributed by atoms with Gasteiger partial charge in [-0.15, -0.1) is 0 Å². The van der Waals surface area contributed by atoms with Crippen LogP contribution in [0.5, 0.6) is 0 Å². The fourth-order valence-corrected chi connectivity index (χ4v) is 7.58. The first-order valence-electron chi connectivity index (χ1n) is 23.3. The highest BCUT2D eigenvalue weighted by atomic mass is 16.3. The van der Waals surface area contributed by atoms with Crippen LogP contribution in [0.2, 0.25) is 0 Å². The fourth-order valence-electron chi connectivity index (χ4n) is 7.58. The van der Waals surface area contributed by atoms with E-state index in [0.29, 0.717) is 12.8 Å². The maximum atomic E-state index is 12.4. The summed E-state index contributed by atoms with van der Waals surface area (Å²) in [6, 6.07) is -0.651. The van der Waals surface area contributed by atoms with Crippen LogP contribution in [-0.4, -0.2) is 46.1 Å². The average Bonchev–Trinajstić information content (AvgIpc) is 3.12. The van der Waals surface area contributed by atoms with Gasteiger partial charge in [-0.25, -0.2) is 0 Å². The monoisotopic (exact) mass is 724 g/mol. The van der Waals surface area contributed by atoms with Gasteiger partial charge in [0.2, 0.25) is 5.91 Å². The summed E-state index contributed by atoms with van der Waals surface area (Å²) < 4.78 is 0. The summed E-state index contributed by atoms with van der Waals surface area (Å²) in [7, 11) is 0. The fraction of sp³-hybridized carbons (Fsp3) is 0.978. The molecule has 0 rings (SSSR count). The zero-order valence-electron chi connectivity index (χ0n) is 34.8. The number of aliphatic hydroxyl groups is 3. The predicted molar refractivity (Wildman–Crippen MR) is 222 cm³/mol. The van der Waals surface area contributed by atoms with Crippen LogP contribution in [-0.2, 0) is 4.79 Å². The molecule has 0 aliphatic heterocycles. The molecule has 0 heterocycles. The smallest absolute Gasteiger partial charge is 0.222 e. The van der Waals surface area contributed by atoms with Crippen molar-refractivity contribution in [3.05, 3.63) is 0 Å². The molecule has 0 aliphatic carbocycles. The molecule has 1 amide bonds. The summed E-state index contributed by atoms with van der Waals surface area (Å²) in [6.45, 7) is 4.26. The van der Waals surface area contributed by atoms with Crippen molar-refractivity contribution < 1.29 is 20.1 Å². The number of carbonyl (C=O) groups excluding carboxylic acids is 1. The molecular formula is C46H93NO4. The molecule has 3 unspecified atom stereocenters. The van der Waals surface area contributed by atoms with Crippen molar-refractivity contribution in [2.24, 2.45) is 0 Å². The second-order valence-electron chi connectivity index (χ2n) is 16.4. The molecule has 0 saturated heterocycles. The second kappa shape index (κ2) is 42.1. The molecular weight excluding hydrogens is 631 g/mol. The number of unbranched alkanes of at least 4 members (excludes halogenated alkanes) is 34. The Hall–Kier alpha value is -0.650. The Bertz CT molecular complexity index is 674. The number of hydrogen-bond donors (Lipinski definition) is 4. The molecule has 3 atom stereocenters. The summed E-state index contributed by atoms with van der Waals surface area (Å²) in [5, 5.41) is 33.3. The molecule has 0 saturated carbocycles. The van der Waals surface area contributed by atoms with E-state index in [-0.39, 0.29) is 18.9 Å². The molecule has 0 aromatic carbocycles. The predicted octanol–water partition coefficient (Wildman–Crippen LogP) is 13.4. The Morgan fingerprint density at radius 2 is 0.667 bits per heavy atom. The van der Waals surface area contributed by atoms with Gasteiger partial charge < -0.3 is 20.6 Å². The van der Waals surface area contributed by atoms with Crippen LogP contribution < -0.4 is 5.32 Å². The standard InChI is InChI=1S/C46H93NO4/c1-3-5-7-9-11-13-14-15-16-17-18-19-20-21-22-23-24-25-26-27-28-29-30-32-33-35-37-39-43(49)41-46(51)47-44(42-48)45(50)40-38-36-34-31-12-10-8-6-4-2/h43-45,48-50H,3-42H2,1-2H3,(H,47,51). The van der Waals surface area contributed by atoms with E-state index >= 15 is 0 Å². The van der Waals surface area contributed by atoms with Gasteiger partial charge in [0.15, 0.2) is 0 Å². The summed E-state index contributed by atoms with van der Waals surface area (Å²) in [6.07, 6.45) is 48.2. The van der Waals surface area contributed by atoms with E-state index in [1.54, 1.807) is 0 Å². The van der Waals surface area contributed by atoms with Gasteiger partial charge in [-0.1, -0.05) is 245 Å². The highest BCUT2D eigenvalue weighted by Gasteiger charge is 2.21. The first-order valence-corrected chi connectivity index (χ1v) is 23.3. The van der Waals surface area contributed by atoms with Crippen molar-refractivity contribution in [1.29, 1.82) is 0 Å². The van der Waals surface area contributed by atoms with Gasteiger partial charge in [0.25, 0.3) is 0 Å². The minimum atomic E-state index is -0.741. The van der Waals surface area contributed by atoms with Crippen LogP contribution in [0.3, 0.4) is 0 Å². The van der Waals surface area contributed by atoms with E-state index in [0.717, 1.165) is 25.7 Å². The first-order chi connectivity index (χ1) is 25.0. The lowest BCUT2D eigenvalue weighted by Crippen LogP contribution is -2.46. The van der Waals surface area contributed by atoms with E-state index in [9.17, 15) is 20.1 Å². The SMILES string of the molecule is CCCCCCCCCCCCCCCCCCCCCCCCCCCCCC(O)CC(=O)NC(CO)C(O)CCCCCCCCCCC. The highest BCUT2D eigenvalue weighted by Crippen LogP contribution is 2.17. The highest BCUT2D eigenvalue weighted by molar-refractivity contribution is 5.76. The molecule has 306 valence electrons.